The van der Waals surface area contributed by atoms with Crippen molar-refractivity contribution in [3.63, 3.8) is 0 Å². The van der Waals surface area contributed by atoms with E-state index < -0.39 is 22.3 Å². The minimum absolute atomic E-state index is 0.0277. The van der Waals surface area contributed by atoms with Gasteiger partial charge in [0.05, 0.1) is 22.2 Å². The van der Waals surface area contributed by atoms with Crippen molar-refractivity contribution in [2.45, 2.75) is 6.42 Å². The lowest BCUT2D eigenvalue weighted by Gasteiger charge is -2.17. The fourth-order valence-electron chi connectivity index (χ4n) is 3.37. The second-order valence-corrected chi connectivity index (χ2v) is 6.53. The number of amides is 2. The van der Waals surface area contributed by atoms with E-state index in [0.29, 0.717) is 5.69 Å². The molecule has 0 radical (unpaired) electrons. The van der Waals surface area contributed by atoms with Crippen LogP contribution in [0.5, 0.6) is 0 Å². The number of nitro benzene ring substituents is 1. The average molecular weight is 382 g/mol. The number of carbonyl (C=O) groups is 2. The maximum Gasteiger partial charge on any atom is 0.306 e. The molecule has 1 aliphatic heterocycles. The molecule has 4 rings (SSSR count). The number of anilines is 2. The number of aromatic amines is 1. The Labute approximate surface area is 158 Å². The molecule has 1 atom stereocenters. The van der Waals surface area contributed by atoms with Gasteiger partial charge in [0.1, 0.15) is 0 Å². The van der Waals surface area contributed by atoms with E-state index in [9.17, 15) is 24.1 Å². The molecule has 1 unspecified atom stereocenters. The molecule has 142 valence electrons. The fourth-order valence-corrected chi connectivity index (χ4v) is 3.37. The average Bonchev–Trinajstić information content (AvgIpc) is 3.29. The highest BCUT2D eigenvalue weighted by Crippen LogP contribution is 2.30. The van der Waals surface area contributed by atoms with Crippen LogP contribution in [0.1, 0.15) is 6.42 Å². The first kappa shape index (κ1) is 17.7. The lowest BCUT2D eigenvalue weighted by atomic mass is 10.1. The quantitative estimate of drug-likeness (QED) is 0.533. The van der Waals surface area contributed by atoms with Crippen LogP contribution in [0.4, 0.5) is 21.5 Å². The number of nitrogens with zero attached hydrogens (tertiary/aromatic N) is 2. The molecule has 3 aromatic rings. The van der Waals surface area contributed by atoms with Crippen LogP contribution in [0, 0.1) is 21.8 Å². The van der Waals surface area contributed by atoms with Crippen LogP contribution in [0.15, 0.2) is 48.7 Å². The van der Waals surface area contributed by atoms with Crippen molar-refractivity contribution >= 4 is 39.8 Å². The number of carbonyl (C=O) groups excluding carboxylic acids is 2. The molecular weight excluding hydrogens is 367 g/mol. The molecular formula is C19H15FN4O4. The van der Waals surface area contributed by atoms with E-state index in [2.05, 4.69) is 10.3 Å². The predicted molar refractivity (Wildman–Crippen MR) is 100 cm³/mol. The van der Waals surface area contributed by atoms with E-state index in [1.807, 2.05) is 12.1 Å². The molecule has 2 amide bonds. The zero-order valence-corrected chi connectivity index (χ0v) is 14.5. The first-order valence-corrected chi connectivity index (χ1v) is 8.55. The maximum atomic E-state index is 13.5. The number of fused-ring (bicyclic) bond motifs is 1. The van der Waals surface area contributed by atoms with E-state index in [4.69, 9.17) is 0 Å². The van der Waals surface area contributed by atoms with E-state index in [-0.39, 0.29) is 30.5 Å². The Morgan fingerprint density at radius 1 is 1.29 bits per heavy atom. The van der Waals surface area contributed by atoms with Gasteiger partial charge in [0.2, 0.25) is 17.6 Å². The summed E-state index contributed by atoms with van der Waals surface area (Å²) in [5.41, 5.74) is 0.992. The Hall–Kier alpha value is -3.75. The topological polar surface area (TPSA) is 108 Å². The van der Waals surface area contributed by atoms with Gasteiger partial charge in [-0.2, -0.15) is 4.39 Å². The predicted octanol–water partition coefficient (Wildman–Crippen LogP) is 3.21. The van der Waals surface area contributed by atoms with Crippen molar-refractivity contribution in [2.75, 3.05) is 16.8 Å². The van der Waals surface area contributed by atoms with Crippen LogP contribution in [0.2, 0.25) is 0 Å². The molecule has 9 heteroatoms. The number of benzene rings is 2. The summed E-state index contributed by atoms with van der Waals surface area (Å²) < 4.78 is 13.5. The molecule has 0 saturated carbocycles. The van der Waals surface area contributed by atoms with Crippen LogP contribution in [-0.4, -0.2) is 28.3 Å². The third kappa shape index (κ3) is 3.07. The van der Waals surface area contributed by atoms with Crippen molar-refractivity contribution in [1.82, 2.24) is 4.98 Å². The molecule has 1 aliphatic rings. The number of hydrogen-bond donors (Lipinski definition) is 2. The smallest absolute Gasteiger partial charge is 0.306 e. The van der Waals surface area contributed by atoms with Crippen LogP contribution in [0.25, 0.3) is 10.9 Å². The largest absolute Gasteiger partial charge is 0.361 e. The summed E-state index contributed by atoms with van der Waals surface area (Å²) in [6, 6.07) is 10.5. The van der Waals surface area contributed by atoms with Crippen molar-refractivity contribution in [2.24, 2.45) is 5.92 Å². The number of aromatic nitrogens is 1. The molecule has 2 N–H and O–H groups in total. The van der Waals surface area contributed by atoms with Crippen LogP contribution in [0.3, 0.4) is 0 Å². The molecule has 1 aromatic heterocycles. The Balaban J connectivity index is 1.53. The van der Waals surface area contributed by atoms with Gasteiger partial charge in [-0.05, 0) is 30.3 Å². The second-order valence-electron chi connectivity index (χ2n) is 6.53. The standard InChI is InChI=1S/C19H15FN4O4/c20-14-5-4-12(9-17(14)24(27)28)23-10-11(8-18(23)25)19(26)22-16-3-1-2-15-13(16)6-7-21-15/h1-7,9,11,21H,8,10H2,(H,22,26). The summed E-state index contributed by atoms with van der Waals surface area (Å²) in [6.45, 7) is 0.0660. The number of halogens is 1. The summed E-state index contributed by atoms with van der Waals surface area (Å²) in [6.07, 6.45) is 1.74. The fraction of sp³-hybridized carbons (Fsp3) is 0.158. The van der Waals surface area contributed by atoms with E-state index >= 15 is 0 Å². The third-order valence-corrected chi connectivity index (χ3v) is 4.79. The minimum atomic E-state index is -0.978. The molecule has 0 spiro atoms. The zero-order chi connectivity index (χ0) is 19.8. The number of rotatable bonds is 4. The Bertz CT molecular complexity index is 1110. The summed E-state index contributed by atoms with van der Waals surface area (Å²) in [4.78, 5) is 39.4. The molecule has 8 nitrogen and oxygen atoms in total. The van der Waals surface area contributed by atoms with Gasteiger partial charge in [-0.3, -0.25) is 19.7 Å². The van der Waals surface area contributed by atoms with Crippen molar-refractivity contribution < 1.29 is 18.9 Å². The van der Waals surface area contributed by atoms with Crippen molar-refractivity contribution in [3.8, 4) is 0 Å². The van der Waals surface area contributed by atoms with Crippen LogP contribution in [-0.2, 0) is 9.59 Å². The van der Waals surface area contributed by atoms with Crippen molar-refractivity contribution in [1.29, 1.82) is 0 Å². The monoisotopic (exact) mass is 382 g/mol. The summed E-state index contributed by atoms with van der Waals surface area (Å²) >= 11 is 0. The van der Waals surface area contributed by atoms with Gasteiger partial charge in [-0.25, -0.2) is 0 Å². The maximum absolute atomic E-state index is 13.5. The van der Waals surface area contributed by atoms with Gasteiger partial charge in [-0.1, -0.05) is 6.07 Å². The zero-order valence-electron chi connectivity index (χ0n) is 14.5. The van der Waals surface area contributed by atoms with Gasteiger partial charge < -0.3 is 15.2 Å². The minimum Gasteiger partial charge on any atom is -0.361 e. The molecule has 0 aliphatic carbocycles. The summed E-state index contributed by atoms with van der Waals surface area (Å²) in [5.74, 6) is -2.26. The van der Waals surface area contributed by atoms with Crippen LogP contribution >= 0.6 is 0 Å². The van der Waals surface area contributed by atoms with Gasteiger partial charge >= 0.3 is 5.69 Å². The van der Waals surface area contributed by atoms with E-state index in [0.717, 1.165) is 23.0 Å². The Kier molecular flexibility index (Phi) is 4.26. The lowest BCUT2D eigenvalue weighted by molar-refractivity contribution is -0.387. The highest BCUT2D eigenvalue weighted by molar-refractivity contribution is 6.06. The first-order valence-electron chi connectivity index (χ1n) is 8.55. The molecule has 1 saturated heterocycles. The Morgan fingerprint density at radius 3 is 2.89 bits per heavy atom. The Morgan fingerprint density at radius 2 is 2.11 bits per heavy atom. The molecule has 2 aromatic carbocycles. The number of nitro groups is 1. The van der Waals surface area contributed by atoms with E-state index in [1.54, 1.807) is 18.3 Å². The third-order valence-electron chi connectivity index (χ3n) is 4.79. The number of H-pyrrole nitrogens is 1. The molecule has 1 fully saturated rings. The van der Waals surface area contributed by atoms with Gasteiger partial charge in [0.15, 0.2) is 0 Å². The molecule has 2 heterocycles. The number of hydrogen-bond acceptors (Lipinski definition) is 4. The normalized spacial score (nSPS) is 16.5. The molecule has 28 heavy (non-hydrogen) atoms. The number of nitrogens with one attached hydrogen (secondary N) is 2. The molecule has 0 bridgehead atoms. The summed E-state index contributed by atoms with van der Waals surface area (Å²) in [5, 5.41) is 14.6. The van der Waals surface area contributed by atoms with Gasteiger partial charge in [0, 0.05) is 36.1 Å². The SMILES string of the molecule is O=C(Nc1cccc2[nH]ccc12)C1CC(=O)N(c2ccc(F)c([N+](=O)[O-])c2)C1. The summed E-state index contributed by atoms with van der Waals surface area (Å²) in [7, 11) is 0. The van der Waals surface area contributed by atoms with Crippen molar-refractivity contribution in [3.05, 3.63) is 64.6 Å². The second kappa shape index (κ2) is 6.76. The lowest BCUT2D eigenvalue weighted by Crippen LogP contribution is -2.28. The van der Waals surface area contributed by atoms with E-state index in [1.165, 1.54) is 11.0 Å². The highest BCUT2D eigenvalue weighted by atomic mass is 19.1. The first-order chi connectivity index (χ1) is 13.4. The highest BCUT2D eigenvalue weighted by Gasteiger charge is 2.36. The van der Waals surface area contributed by atoms with Gasteiger partial charge in [0.25, 0.3) is 0 Å². The van der Waals surface area contributed by atoms with Crippen LogP contribution < -0.4 is 10.2 Å². The van der Waals surface area contributed by atoms with Gasteiger partial charge in [-0.15, -0.1) is 0 Å².